The number of carbonyl (C=O) groups is 1. The van der Waals surface area contributed by atoms with Crippen LogP contribution in [-0.2, 0) is 18.4 Å². The highest BCUT2D eigenvalue weighted by Crippen LogP contribution is 2.17. The van der Waals surface area contributed by atoms with Crippen molar-refractivity contribution in [1.29, 1.82) is 0 Å². The van der Waals surface area contributed by atoms with Crippen molar-refractivity contribution in [2.24, 2.45) is 12.0 Å². The number of aliphatic imine (C=N–C) groups is 1. The normalized spacial score (nSPS) is 15.9. The van der Waals surface area contributed by atoms with Crippen LogP contribution in [0.3, 0.4) is 0 Å². The van der Waals surface area contributed by atoms with Gasteiger partial charge in [-0.05, 0) is 34.8 Å². The van der Waals surface area contributed by atoms with Crippen LogP contribution in [0.2, 0.25) is 0 Å². The van der Waals surface area contributed by atoms with Crippen LogP contribution in [0.5, 0.6) is 0 Å². The van der Waals surface area contributed by atoms with Crippen LogP contribution in [-0.4, -0.2) is 48.0 Å². The topological polar surface area (TPSA) is 61.7 Å². The number of hydrogen-bond donors (Lipinski definition) is 2. The minimum Gasteiger partial charge on any atom is -0.356 e. The van der Waals surface area contributed by atoms with E-state index in [0.717, 1.165) is 29.8 Å². The average molecular weight is 412 g/mol. The summed E-state index contributed by atoms with van der Waals surface area (Å²) in [6.45, 7) is 1.34. The third-order valence-electron chi connectivity index (χ3n) is 4.65. The summed E-state index contributed by atoms with van der Waals surface area (Å²) in [5, 5.41) is 6.43. The number of aromatic nitrogens is 1. The smallest absolute Gasteiger partial charge is 0.221 e. The Balaban J connectivity index is 1.73. The second-order valence-corrected chi connectivity index (χ2v) is 7.66. The molecule has 0 saturated heterocycles. The molecule has 1 aromatic rings. The van der Waals surface area contributed by atoms with E-state index in [0.29, 0.717) is 19.0 Å². The molecule has 0 radical (unpaired) electrons. The van der Waals surface area contributed by atoms with Crippen LogP contribution < -0.4 is 10.6 Å². The molecule has 0 spiro atoms. The highest BCUT2D eigenvalue weighted by Gasteiger charge is 2.15. The molecular weight excluding hydrogens is 382 g/mol. The molecule has 0 bridgehead atoms. The van der Waals surface area contributed by atoms with E-state index in [9.17, 15) is 4.79 Å². The summed E-state index contributed by atoms with van der Waals surface area (Å²) in [5.41, 5.74) is 1.19. The summed E-state index contributed by atoms with van der Waals surface area (Å²) in [6.07, 6.45) is 8.51. The molecule has 1 heterocycles. The minimum absolute atomic E-state index is 0.129. The number of hydrogen-bond acceptors (Lipinski definition) is 2. The predicted molar refractivity (Wildman–Crippen MR) is 106 cm³/mol. The lowest BCUT2D eigenvalue weighted by atomic mass is 9.95. The molecule has 0 aromatic carbocycles. The Hall–Kier alpha value is -1.50. The van der Waals surface area contributed by atoms with E-state index in [1.165, 1.54) is 25.0 Å². The Morgan fingerprint density at radius 1 is 1.40 bits per heavy atom. The first-order chi connectivity index (χ1) is 12.0. The van der Waals surface area contributed by atoms with Crippen molar-refractivity contribution in [2.75, 3.05) is 20.6 Å². The molecule has 2 rings (SSSR count). The van der Waals surface area contributed by atoms with Crippen LogP contribution in [0.15, 0.2) is 21.7 Å². The summed E-state index contributed by atoms with van der Waals surface area (Å²) < 4.78 is 3.16. The summed E-state index contributed by atoms with van der Waals surface area (Å²) in [4.78, 5) is 18.4. The molecule has 0 aliphatic heterocycles. The minimum atomic E-state index is 0.129. The van der Waals surface area contributed by atoms with Gasteiger partial charge in [-0.25, -0.2) is 0 Å². The number of guanidine groups is 1. The van der Waals surface area contributed by atoms with Crippen molar-refractivity contribution in [3.05, 3.63) is 22.4 Å². The van der Waals surface area contributed by atoms with Gasteiger partial charge in [-0.1, -0.05) is 19.3 Å². The van der Waals surface area contributed by atoms with Gasteiger partial charge in [0.1, 0.15) is 0 Å². The third-order valence-corrected chi connectivity index (χ3v) is 5.09. The highest BCUT2D eigenvalue weighted by atomic mass is 79.9. The largest absolute Gasteiger partial charge is 0.356 e. The Bertz CT molecular complexity index is 592. The molecule has 1 fully saturated rings. The van der Waals surface area contributed by atoms with Crippen LogP contribution >= 0.6 is 15.9 Å². The third kappa shape index (κ3) is 6.38. The standard InChI is InChI=1S/C18H30BrN5O/c1-20-18(24(3)13-16-11-14(19)12-23(16)2)21-10-9-17(25)22-15-7-5-4-6-8-15/h11-12,15H,4-10,13H2,1-3H3,(H,20,21)(H,22,25). The van der Waals surface area contributed by atoms with Crippen molar-refractivity contribution >= 4 is 27.8 Å². The maximum absolute atomic E-state index is 12.1. The van der Waals surface area contributed by atoms with Crippen molar-refractivity contribution in [1.82, 2.24) is 20.1 Å². The first kappa shape index (κ1) is 19.8. The van der Waals surface area contributed by atoms with Gasteiger partial charge < -0.3 is 20.1 Å². The fraction of sp³-hybridized carbons (Fsp3) is 0.667. The zero-order chi connectivity index (χ0) is 18.2. The first-order valence-electron chi connectivity index (χ1n) is 9.01. The maximum Gasteiger partial charge on any atom is 0.221 e. The zero-order valence-electron chi connectivity index (χ0n) is 15.5. The van der Waals surface area contributed by atoms with E-state index in [1.54, 1.807) is 7.05 Å². The SMILES string of the molecule is CN=C(NCCC(=O)NC1CCCCC1)N(C)Cc1cc(Br)cn1C. The predicted octanol–water partition coefficient (Wildman–Crippen LogP) is 2.63. The molecule has 7 heteroatoms. The Morgan fingerprint density at radius 3 is 2.72 bits per heavy atom. The van der Waals surface area contributed by atoms with Gasteiger partial charge in [0.2, 0.25) is 5.91 Å². The van der Waals surface area contributed by atoms with E-state index < -0.39 is 0 Å². The summed E-state index contributed by atoms with van der Waals surface area (Å²) in [5.74, 6) is 0.923. The van der Waals surface area contributed by atoms with Gasteiger partial charge in [-0.2, -0.15) is 0 Å². The molecule has 1 aliphatic carbocycles. The van der Waals surface area contributed by atoms with Gasteiger partial charge in [-0.3, -0.25) is 9.79 Å². The van der Waals surface area contributed by atoms with E-state index in [4.69, 9.17) is 0 Å². The number of amides is 1. The fourth-order valence-electron chi connectivity index (χ4n) is 3.26. The van der Waals surface area contributed by atoms with Crippen molar-refractivity contribution in [2.45, 2.75) is 51.1 Å². The molecule has 1 aromatic heterocycles. The number of carbonyl (C=O) groups excluding carboxylic acids is 1. The Labute approximate surface area is 159 Å². The summed E-state index contributed by atoms with van der Waals surface area (Å²) in [6, 6.07) is 2.47. The first-order valence-corrected chi connectivity index (χ1v) is 9.80. The lowest BCUT2D eigenvalue weighted by molar-refractivity contribution is -0.121. The van der Waals surface area contributed by atoms with Gasteiger partial charge in [0.15, 0.2) is 5.96 Å². The molecule has 25 heavy (non-hydrogen) atoms. The van der Waals surface area contributed by atoms with E-state index in [-0.39, 0.29) is 5.91 Å². The fourth-order valence-corrected chi connectivity index (χ4v) is 3.83. The quantitative estimate of drug-likeness (QED) is 0.558. The van der Waals surface area contributed by atoms with Gasteiger partial charge in [-0.15, -0.1) is 0 Å². The lowest BCUT2D eigenvalue weighted by Gasteiger charge is -2.24. The van der Waals surface area contributed by atoms with Crippen molar-refractivity contribution < 1.29 is 4.79 Å². The molecular formula is C18H30BrN5O. The lowest BCUT2D eigenvalue weighted by Crippen LogP contribution is -2.42. The number of aryl methyl sites for hydroxylation is 1. The van der Waals surface area contributed by atoms with Crippen LogP contribution in [0.4, 0.5) is 0 Å². The molecule has 140 valence electrons. The molecule has 0 atom stereocenters. The van der Waals surface area contributed by atoms with Gasteiger partial charge >= 0.3 is 0 Å². The van der Waals surface area contributed by atoms with Crippen molar-refractivity contribution in [3.8, 4) is 0 Å². The van der Waals surface area contributed by atoms with E-state index in [2.05, 4.69) is 47.1 Å². The molecule has 1 saturated carbocycles. The molecule has 2 N–H and O–H groups in total. The summed E-state index contributed by atoms with van der Waals surface area (Å²) >= 11 is 3.50. The van der Waals surface area contributed by atoms with Crippen LogP contribution in [0, 0.1) is 0 Å². The molecule has 0 unspecified atom stereocenters. The monoisotopic (exact) mass is 411 g/mol. The highest BCUT2D eigenvalue weighted by molar-refractivity contribution is 9.10. The summed E-state index contributed by atoms with van der Waals surface area (Å²) in [7, 11) is 5.79. The molecule has 6 nitrogen and oxygen atoms in total. The Kier molecular flexibility index (Phi) is 7.81. The maximum atomic E-state index is 12.1. The zero-order valence-corrected chi connectivity index (χ0v) is 17.1. The second-order valence-electron chi connectivity index (χ2n) is 6.74. The Morgan fingerprint density at radius 2 is 2.12 bits per heavy atom. The van der Waals surface area contributed by atoms with Crippen LogP contribution in [0.25, 0.3) is 0 Å². The van der Waals surface area contributed by atoms with Crippen molar-refractivity contribution in [3.63, 3.8) is 0 Å². The number of rotatable bonds is 6. The van der Waals surface area contributed by atoms with Crippen LogP contribution in [0.1, 0.15) is 44.2 Å². The number of halogens is 1. The van der Waals surface area contributed by atoms with Gasteiger partial charge in [0, 0.05) is 56.5 Å². The van der Waals surface area contributed by atoms with Gasteiger partial charge in [0.25, 0.3) is 0 Å². The van der Waals surface area contributed by atoms with E-state index in [1.807, 2.05) is 20.3 Å². The number of nitrogens with one attached hydrogen (secondary N) is 2. The second kappa shape index (κ2) is 9.85. The van der Waals surface area contributed by atoms with E-state index >= 15 is 0 Å². The molecule has 1 aliphatic rings. The number of nitrogens with zero attached hydrogens (tertiary/aromatic N) is 3. The molecule has 1 amide bonds. The average Bonchev–Trinajstić information content (AvgIpc) is 2.89. The van der Waals surface area contributed by atoms with Gasteiger partial charge in [0.05, 0.1) is 6.54 Å².